The average molecular weight is 339 g/mol. The van der Waals surface area contributed by atoms with E-state index in [2.05, 4.69) is 5.32 Å². The Kier molecular flexibility index (Phi) is 5.46. The Morgan fingerprint density at radius 1 is 1.09 bits per heavy atom. The lowest BCUT2D eigenvalue weighted by molar-refractivity contribution is -0.143. The van der Waals surface area contributed by atoms with Gasteiger partial charge in [-0.2, -0.15) is 0 Å². The predicted molar refractivity (Wildman–Crippen MR) is 88.7 cm³/mol. The Morgan fingerprint density at radius 3 is 2.48 bits per heavy atom. The van der Waals surface area contributed by atoms with Crippen LogP contribution in [0.4, 0.5) is 0 Å². The van der Waals surface area contributed by atoms with Crippen molar-refractivity contribution in [3.05, 3.63) is 0 Å². The molecule has 1 atom stereocenters. The maximum atomic E-state index is 12.4. The molecule has 3 aliphatic rings. The van der Waals surface area contributed by atoms with E-state index in [1.54, 1.807) is 16.7 Å². The van der Waals surface area contributed by atoms with Gasteiger partial charge in [-0.15, -0.1) is 11.8 Å². The zero-order chi connectivity index (χ0) is 16.2. The van der Waals surface area contributed by atoms with Crippen LogP contribution in [0.5, 0.6) is 0 Å². The maximum Gasteiger partial charge on any atom is 0.243 e. The van der Waals surface area contributed by atoms with E-state index in [0.717, 1.165) is 45.2 Å². The van der Waals surface area contributed by atoms with Gasteiger partial charge in [0.15, 0.2) is 0 Å². The van der Waals surface area contributed by atoms with Gasteiger partial charge in [-0.25, -0.2) is 0 Å². The molecule has 1 aliphatic carbocycles. The van der Waals surface area contributed by atoms with Crippen molar-refractivity contribution in [1.82, 2.24) is 15.1 Å². The van der Waals surface area contributed by atoms with Crippen LogP contribution < -0.4 is 5.32 Å². The molecule has 2 saturated heterocycles. The van der Waals surface area contributed by atoms with Gasteiger partial charge in [-0.3, -0.25) is 14.4 Å². The highest BCUT2D eigenvalue weighted by molar-refractivity contribution is 7.99. The number of amides is 3. The molecule has 128 valence electrons. The van der Waals surface area contributed by atoms with Crippen molar-refractivity contribution in [1.29, 1.82) is 0 Å². The van der Waals surface area contributed by atoms with Gasteiger partial charge in [0.05, 0.1) is 5.88 Å². The molecular formula is C16H25N3O3S. The molecule has 2 aliphatic heterocycles. The highest BCUT2D eigenvalue weighted by Crippen LogP contribution is 2.32. The minimum atomic E-state index is -0.366. The number of hydrogen-bond donors (Lipinski definition) is 1. The van der Waals surface area contributed by atoms with Gasteiger partial charge in [0.25, 0.3) is 0 Å². The van der Waals surface area contributed by atoms with E-state index in [-0.39, 0.29) is 29.7 Å². The summed E-state index contributed by atoms with van der Waals surface area (Å²) in [5.41, 5.74) is 0. The van der Waals surface area contributed by atoms with Gasteiger partial charge in [0.2, 0.25) is 17.7 Å². The van der Waals surface area contributed by atoms with Crippen LogP contribution in [0.1, 0.15) is 38.5 Å². The second kappa shape index (κ2) is 7.55. The van der Waals surface area contributed by atoms with Gasteiger partial charge in [0.1, 0.15) is 6.04 Å². The topological polar surface area (TPSA) is 69.7 Å². The van der Waals surface area contributed by atoms with Crippen LogP contribution in [0.3, 0.4) is 0 Å². The molecule has 3 amide bonds. The second-order valence-electron chi connectivity index (χ2n) is 6.58. The van der Waals surface area contributed by atoms with Crippen molar-refractivity contribution >= 4 is 29.5 Å². The van der Waals surface area contributed by atoms with E-state index < -0.39 is 0 Å². The summed E-state index contributed by atoms with van der Waals surface area (Å²) >= 11 is 1.63. The average Bonchev–Trinajstić information content (AvgIpc) is 3.16. The standard InChI is InChI=1S/C16H25N3O3S/c20-14(18-8-1-2-9-18)6-7-17-15(21)13-10-23-11-19(13)16(22)12-4-3-5-12/h12-13H,1-11H2,(H,17,21). The van der Waals surface area contributed by atoms with Gasteiger partial charge >= 0.3 is 0 Å². The first-order valence-electron chi connectivity index (χ1n) is 8.60. The summed E-state index contributed by atoms with van der Waals surface area (Å²) in [6.07, 6.45) is 5.54. The van der Waals surface area contributed by atoms with Crippen LogP contribution in [-0.4, -0.2) is 64.8 Å². The molecule has 2 heterocycles. The van der Waals surface area contributed by atoms with Crippen molar-refractivity contribution in [3.63, 3.8) is 0 Å². The van der Waals surface area contributed by atoms with Crippen LogP contribution in [0.15, 0.2) is 0 Å². The molecule has 0 spiro atoms. The van der Waals surface area contributed by atoms with Crippen molar-refractivity contribution in [2.75, 3.05) is 31.3 Å². The zero-order valence-corrected chi connectivity index (χ0v) is 14.3. The van der Waals surface area contributed by atoms with E-state index in [0.29, 0.717) is 24.6 Å². The molecule has 0 radical (unpaired) electrons. The Balaban J connectivity index is 1.43. The zero-order valence-electron chi connectivity index (χ0n) is 13.5. The largest absolute Gasteiger partial charge is 0.354 e. The normalized spacial score (nSPS) is 24.6. The van der Waals surface area contributed by atoms with Crippen LogP contribution in [0.25, 0.3) is 0 Å². The fourth-order valence-electron chi connectivity index (χ4n) is 3.30. The van der Waals surface area contributed by atoms with Crippen molar-refractivity contribution in [3.8, 4) is 0 Å². The third-order valence-corrected chi connectivity index (χ3v) is 6.03. The van der Waals surface area contributed by atoms with Gasteiger partial charge in [-0.1, -0.05) is 6.42 Å². The SMILES string of the molecule is O=C(NCCC(=O)N1CCCC1)C1CSCN1C(=O)C1CCC1. The maximum absolute atomic E-state index is 12.4. The van der Waals surface area contributed by atoms with Crippen molar-refractivity contribution < 1.29 is 14.4 Å². The lowest BCUT2D eigenvalue weighted by Gasteiger charge is -2.31. The monoisotopic (exact) mass is 339 g/mol. The van der Waals surface area contributed by atoms with Crippen molar-refractivity contribution in [2.24, 2.45) is 5.92 Å². The second-order valence-corrected chi connectivity index (χ2v) is 7.58. The third-order valence-electron chi connectivity index (χ3n) is 5.02. The number of nitrogens with one attached hydrogen (secondary N) is 1. The number of likely N-dealkylation sites (tertiary alicyclic amines) is 1. The molecule has 1 N–H and O–H groups in total. The van der Waals surface area contributed by atoms with E-state index in [4.69, 9.17) is 0 Å². The summed E-state index contributed by atoms with van der Waals surface area (Å²) in [4.78, 5) is 40.3. The molecule has 6 nitrogen and oxygen atoms in total. The van der Waals surface area contributed by atoms with E-state index in [9.17, 15) is 14.4 Å². The Morgan fingerprint density at radius 2 is 1.83 bits per heavy atom. The van der Waals surface area contributed by atoms with Crippen LogP contribution >= 0.6 is 11.8 Å². The lowest BCUT2D eigenvalue weighted by atomic mass is 9.84. The Labute approximate surface area is 141 Å². The van der Waals surface area contributed by atoms with Crippen LogP contribution in [-0.2, 0) is 14.4 Å². The molecule has 7 heteroatoms. The van der Waals surface area contributed by atoms with E-state index in [1.807, 2.05) is 4.90 Å². The number of thioether (sulfide) groups is 1. The van der Waals surface area contributed by atoms with E-state index in [1.165, 1.54) is 0 Å². The fourth-order valence-corrected chi connectivity index (χ4v) is 4.47. The molecule has 0 aromatic heterocycles. The number of carbonyl (C=O) groups is 3. The molecule has 23 heavy (non-hydrogen) atoms. The molecule has 0 aromatic rings. The lowest BCUT2D eigenvalue weighted by Crippen LogP contribution is -2.50. The molecule has 0 aromatic carbocycles. The van der Waals surface area contributed by atoms with Gasteiger partial charge < -0.3 is 15.1 Å². The minimum absolute atomic E-state index is 0.114. The number of nitrogens with zero attached hydrogens (tertiary/aromatic N) is 2. The molecule has 1 unspecified atom stereocenters. The minimum Gasteiger partial charge on any atom is -0.354 e. The highest BCUT2D eigenvalue weighted by Gasteiger charge is 2.39. The summed E-state index contributed by atoms with van der Waals surface area (Å²) < 4.78 is 0. The number of carbonyl (C=O) groups excluding carboxylic acids is 3. The highest BCUT2D eigenvalue weighted by atomic mass is 32.2. The van der Waals surface area contributed by atoms with Crippen LogP contribution in [0.2, 0.25) is 0 Å². The number of hydrogen-bond acceptors (Lipinski definition) is 4. The summed E-state index contributed by atoms with van der Waals surface area (Å²) in [7, 11) is 0. The van der Waals surface area contributed by atoms with Crippen molar-refractivity contribution in [2.45, 2.75) is 44.6 Å². The smallest absolute Gasteiger partial charge is 0.243 e. The molecule has 1 saturated carbocycles. The summed E-state index contributed by atoms with van der Waals surface area (Å²) in [5, 5.41) is 2.85. The van der Waals surface area contributed by atoms with Gasteiger partial charge in [-0.05, 0) is 25.7 Å². The third kappa shape index (κ3) is 3.82. The first-order valence-corrected chi connectivity index (χ1v) is 9.76. The first-order chi connectivity index (χ1) is 11.2. The summed E-state index contributed by atoms with van der Waals surface area (Å²) in [6.45, 7) is 2.05. The fraction of sp³-hybridized carbons (Fsp3) is 0.812. The molecule has 0 bridgehead atoms. The summed E-state index contributed by atoms with van der Waals surface area (Å²) in [5.74, 6) is 1.53. The molecule has 3 rings (SSSR count). The first kappa shape index (κ1) is 16.6. The Bertz CT molecular complexity index is 475. The van der Waals surface area contributed by atoms with Gasteiger partial charge in [0, 0.05) is 37.7 Å². The molecular weight excluding hydrogens is 314 g/mol. The van der Waals surface area contributed by atoms with E-state index >= 15 is 0 Å². The molecule has 3 fully saturated rings. The quantitative estimate of drug-likeness (QED) is 0.805. The van der Waals surface area contributed by atoms with Crippen LogP contribution in [0, 0.1) is 5.92 Å². The summed E-state index contributed by atoms with van der Waals surface area (Å²) in [6, 6.07) is -0.366. The Hall–Kier alpha value is -1.24. The number of rotatable bonds is 5. The predicted octanol–water partition coefficient (Wildman–Crippen LogP) is 0.817.